The highest BCUT2D eigenvalue weighted by Gasteiger charge is 2.38. The quantitative estimate of drug-likeness (QED) is 0.338. The summed E-state index contributed by atoms with van der Waals surface area (Å²) in [6.45, 7) is 3.77. The van der Waals surface area contributed by atoms with E-state index in [0.29, 0.717) is 16.9 Å². The highest BCUT2D eigenvalue weighted by atomic mass is 32.1. The molecule has 0 aliphatic carbocycles. The Bertz CT molecular complexity index is 1090. The Morgan fingerprint density at radius 2 is 1.97 bits per heavy atom. The van der Waals surface area contributed by atoms with Crippen LogP contribution in [0.2, 0.25) is 0 Å². The summed E-state index contributed by atoms with van der Waals surface area (Å²) in [5.41, 5.74) is 12.1. The largest absolute Gasteiger partial charge is 0.403 e. The van der Waals surface area contributed by atoms with Gasteiger partial charge in [0.25, 0.3) is 11.7 Å². The van der Waals surface area contributed by atoms with Crippen molar-refractivity contribution >= 4 is 28.1 Å². The number of nitrogens with zero attached hydrogens (tertiary/aromatic N) is 2. The minimum absolute atomic E-state index is 0.00384. The lowest BCUT2D eigenvalue weighted by Gasteiger charge is -2.33. The van der Waals surface area contributed by atoms with E-state index in [-0.39, 0.29) is 21.3 Å². The first-order valence-electron chi connectivity index (χ1n) is 10.8. The Morgan fingerprint density at radius 3 is 2.55 bits per heavy atom. The molecule has 2 aliphatic heterocycles. The number of nitrogens with two attached hydrogens (primary N) is 2. The molecule has 0 unspecified atom stereocenters. The summed E-state index contributed by atoms with van der Waals surface area (Å²) in [5.74, 6) is -1.46. The van der Waals surface area contributed by atoms with Crippen LogP contribution in [0.25, 0.3) is 10.6 Å². The summed E-state index contributed by atoms with van der Waals surface area (Å²) in [6.07, 6.45) is 4.59. The summed E-state index contributed by atoms with van der Waals surface area (Å²) in [7, 11) is 1.77. The number of nitrogen functional groups attached to an aromatic ring is 1. The summed E-state index contributed by atoms with van der Waals surface area (Å²) < 4.78 is 30.5. The number of anilines is 1. The second-order valence-electron chi connectivity index (χ2n) is 8.38. The van der Waals surface area contributed by atoms with Crippen LogP contribution in [-0.4, -0.2) is 54.5 Å². The maximum Gasteiger partial charge on any atom is 0.295 e. The number of carbonyl (C=O) groups excluding carboxylic acids is 1. The number of amides is 1. The second kappa shape index (κ2) is 9.44. The van der Waals surface area contributed by atoms with Gasteiger partial charge in [-0.25, -0.2) is 13.8 Å². The smallest absolute Gasteiger partial charge is 0.295 e. The predicted molar refractivity (Wildman–Crippen MR) is 125 cm³/mol. The molecule has 2 saturated heterocycles. The number of halogens is 2. The number of nitrogens with one attached hydrogen (secondary N) is 3. The molecule has 1 aromatic heterocycles. The molecule has 0 bridgehead atoms. The number of amidine groups is 1. The Hall–Kier alpha value is -3.05. The van der Waals surface area contributed by atoms with E-state index in [0.717, 1.165) is 62.5 Å². The fourth-order valence-electron chi connectivity index (χ4n) is 4.56. The molecule has 2 aromatic rings. The Morgan fingerprint density at radius 1 is 1.27 bits per heavy atom. The van der Waals surface area contributed by atoms with Crippen molar-refractivity contribution < 1.29 is 18.2 Å². The van der Waals surface area contributed by atoms with E-state index in [4.69, 9.17) is 11.5 Å². The minimum atomic E-state index is -0.774. The number of hydrogen-bond acceptors (Lipinski definition) is 6. The summed E-state index contributed by atoms with van der Waals surface area (Å²) in [4.78, 5) is 17.1. The fourth-order valence-corrected chi connectivity index (χ4v) is 5.43. The van der Waals surface area contributed by atoms with Crippen LogP contribution in [0, 0.1) is 17.0 Å². The van der Waals surface area contributed by atoms with Crippen molar-refractivity contribution in [1.29, 1.82) is 0 Å². The van der Waals surface area contributed by atoms with Crippen molar-refractivity contribution in [2.24, 2.45) is 11.1 Å². The molecule has 0 radical (unpaired) electrons. The van der Waals surface area contributed by atoms with Gasteiger partial charge in [0.1, 0.15) is 27.3 Å². The number of aromatic nitrogens is 1. The van der Waals surface area contributed by atoms with Gasteiger partial charge in [-0.15, -0.1) is 0 Å². The van der Waals surface area contributed by atoms with Crippen LogP contribution in [0.15, 0.2) is 30.1 Å². The molecule has 176 valence electrons. The molecule has 8 nitrogen and oxygen atoms in total. The van der Waals surface area contributed by atoms with E-state index in [1.165, 1.54) is 18.7 Å². The molecule has 4 rings (SSSR count). The molecule has 2 fully saturated rings. The van der Waals surface area contributed by atoms with E-state index in [1.807, 2.05) is 0 Å². The van der Waals surface area contributed by atoms with E-state index >= 15 is 0 Å². The maximum absolute atomic E-state index is 14.1. The van der Waals surface area contributed by atoms with Crippen molar-refractivity contribution in [2.75, 3.05) is 39.0 Å². The molecule has 3 heterocycles. The molecular formula is C22H28F2N7OS+. The molecule has 1 spiro atoms. The molecule has 0 atom stereocenters. The lowest BCUT2D eigenvalue weighted by molar-refractivity contribution is -0.546. The van der Waals surface area contributed by atoms with Gasteiger partial charge in [-0.05, 0) is 43.4 Å². The van der Waals surface area contributed by atoms with Gasteiger partial charge in [0, 0.05) is 12.7 Å². The monoisotopic (exact) mass is 476 g/mol. The van der Waals surface area contributed by atoms with Crippen molar-refractivity contribution in [3.63, 3.8) is 0 Å². The van der Waals surface area contributed by atoms with Gasteiger partial charge in [-0.1, -0.05) is 17.4 Å². The van der Waals surface area contributed by atoms with Crippen LogP contribution in [-0.2, 0) is 0 Å². The Kier molecular flexibility index (Phi) is 6.61. The van der Waals surface area contributed by atoms with Crippen LogP contribution in [0.5, 0.6) is 0 Å². The summed E-state index contributed by atoms with van der Waals surface area (Å²) in [6, 6.07) is 3.52. The van der Waals surface area contributed by atoms with E-state index < -0.39 is 17.5 Å². The molecule has 0 saturated carbocycles. The highest BCUT2D eigenvalue weighted by molar-refractivity contribution is 7.19. The molecule has 2 aliphatic rings. The van der Waals surface area contributed by atoms with E-state index in [1.54, 1.807) is 7.05 Å². The number of rotatable bonds is 4. The van der Waals surface area contributed by atoms with Crippen LogP contribution in [0.3, 0.4) is 0 Å². The van der Waals surface area contributed by atoms with Crippen molar-refractivity contribution in [1.82, 2.24) is 20.9 Å². The first-order valence-corrected chi connectivity index (χ1v) is 11.6. The maximum atomic E-state index is 14.1. The molecule has 11 heteroatoms. The van der Waals surface area contributed by atoms with Gasteiger partial charge in [-0.3, -0.25) is 14.7 Å². The lowest BCUT2D eigenvalue weighted by Crippen LogP contribution is -2.45. The minimum Gasteiger partial charge on any atom is -0.403 e. The van der Waals surface area contributed by atoms with Crippen LogP contribution in [0.4, 0.5) is 13.8 Å². The predicted octanol–water partition coefficient (Wildman–Crippen LogP) is 1.60. The third-order valence-electron chi connectivity index (χ3n) is 6.42. The average Bonchev–Trinajstić information content (AvgIpc) is 3.41. The van der Waals surface area contributed by atoms with Gasteiger partial charge >= 0.3 is 0 Å². The zero-order valence-corrected chi connectivity index (χ0v) is 19.2. The van der Waals surface area contributed by atoms with Gasteiger partial charge in [0.05, 0.1) is 25.7 Å². The average molecular weight is 477 g/mol. The number of likely N-dealkylation sites (N-methyl/N-ethyl adjacent to an activating group) is 1. The van der Waals surface area contributed by atoms with E-state index in [2.05, 4.69) is 25.5 Å². The van der Waals surface area contributed by atoms with E-state index in [9.17, 15) is 13.6 Å². The van der Waals surface area contributed by atoms with Crippen molar-refractivity contribution in [2.45, 2.75) is 19.3 Å². The third-order valence-corrected chi connectivity index (χ3v) is 7.33. The van der Waals surface area contributed by atoms with Crippen LogP contribution in [0.1, 0.15) is 29.8 Å². The molecule has 7 N–H and O–H groups in total. The summed E-state index contributed by atoms with van der Waals surface area (Å²) >= 11 is 0.848. The number of piperidine rings is 1. The van der Waals surface area contributed by atoms with Gasteiger partial charge < -0.3 is 22.1 Å². The number of hydrogen-bond donors (Lipinski definition) is 5. The van der Waals surface area contributed by atoms with Crippen LogP contribution >= 0.6 is 11.3 Å². The Balaban J connectivity index is 1.54. The highest BCUT2D eigenvalue weighted by Crippen LogP contribution is 2.36. The standard InChI is InChI=1S/C22H27F2N7OS/c1-27-19(31-9-6-22(7-10-31)5-8-28-12-22)15(11-25)29-20(32)17-18(26)33-21(30-17)16-13(23)3-2-4-14(16)24/h2-4,11,28H,5-10,12H2,1H3,(H5,25,26,27,29,32)/p+1. The fraction of sp³-hybridized carbons (Fsp3) is 0.409. The van der Waals surface area contributed by atoms with Crippen molar-refractivity contribution in [3.05, 3.63) is 47.4 Å². The first-order chi connectivity index (χ1) is 15.9. The Labute approximate surface area is 194 Å². The van der Waals surface area contributed by atoms with Crippen LogP contribution < -0.4 is 27.4 Å². The topological polar surface area (TPSA) is 121 Å². The SMILES string of the molecule is CNC(/C(=C\N)NC(=O)c1nc(-c2c(F)cccc2F)sc1N)=[N+]1CCC2(CCNC2)CC1. The zero-order chi connectivity index (χ0) is 23.6. The summed E-state index contributed by atoms with van der Waals surface area (Å²) in [5, 5.41) is 9.39. The molecule has 33 heavy (non-hydrogen) atoms. The van der Waals surface area contributed by atoms with Gasteiger partial charge in [0.2, 0.25) is 0 Å². The van der Waals surface area contributed by atoms with Crippen molar-refractivity contribution in [3.8, 4) is 10.6 Å². The van der Waals surface area contributed by atoms with Gasteiger partial charge in [0.15, 0.2) is 5.69 Å². The molecular weight excluding hydrogens is 448 g/mol. The molecule has 1 amide bonds. The number of benzene rings is 1. The zero-order valence-electron chi connectivity index (χ0n) is 18.4. The normalized spacial score (nSPS) is 20.8. The number of carbonyl (C=O) groups is 1. The third kappa shape index (κ3) is 4.55. The molecule has 1 aromatic carbocycles. The second-order valence-corrected chi connectivity index (χ2v) is 9.41. The first kappa shape index (κ1) is 23.1. The lowest BCUT2D eigenvalue weighted by atomic mass is 9.78. The van der Waals surface area contributed by atoms with Gasteiger partial charge in [-0.2, -0.15) is 0 Å². The number of thiazole rings is 1.